The molecule has 5 atom stereocenters. The highest BCUT2D eigenvalue weighted by Crippen LogP contribution is 2.34. The van der Waals surface area contributed by atoms with Gasteiger partial charge in [0.15, 0.2) is 0 Å². The zero-order valence-corrected chi connectivity index (χ0v) is 11.9. The lowest BCUT2D eigenvalue weighted by atomic mass is 9.87. The van der Waals surface area contributed by atoms with Gasteiger partial charge >= 0.3 is 0 Å². The van der Waals surface area contributed by atoms with Gasteiger partial charge < -0.3 is 15.0 Å². The summed E-state index contributed by atoms with van der Waals surface area (Å²) in [7, 11) is 0. The van der Waals surface area contributed by atoms with Crippen molar-refractivity contribution in [2.24, 2.45) is 17.8 Å². The van der Waals surface area contributed by atoms with E-state index in [1.807, 2.05) is 6.92 Å². The predicted molar refractivity (Wildman–Crippen MR) is 72.6 cm³/mol. The molecule has 0 saturated heterocycles. The molecule has 0 aliphatic heterocycles. The van der Waals surface area contributed by atoms with Gasteiger partial charge in [-0.1, -0.05) is 26.7 Å². The summed E-state index contributed by atoms with van der Waals surface area (Å²) in [6.45, 7) is 4.04. The van der Waals surface area contributed by atoms with Gasteiger partial charge in [-0.3, -0.25) is 4.79 Å². The highest BCUT2D eigenvalue weighted by molar-refractivity contribution is 5.80. The van der Waals surface area contributed by atoms with Gasteiger partial charge in [0, 0.05) is 24.7 Å². The molecule has 0 spiro atoms. The van der Waals surface area contributed by atoms with Crippen LogP contribution in [0, 0.1) is 17.8 Å². The molecule has 0 bridgehead atoms. The van der Waals surface area contributed by atoms with Crippen molar-refractivity contribution in [3.8, 4) is 0 Å². The zero-order valence-electron chi connectivity index (χ0n) is 11.9. The van der Waals surface area contributed by atoms with Crippen molar-refractivity contribution in [1.29, 1.82) is 0 Å². The van der Waals surface area contributed by atoms with Gasteiger partial charge in [-0.25, -0.2) is 0 Å². The summed E-state index contributed by atoms with van der Waals surface area (Å²) < 4.78 is 0. The number of rotatable bonds is 8. The first-order valence-corrected chi connectivity index (χ1v) is 7.35. The number of aliphatic hydroxyl groups excluding tert-OH is 2. The Balaban J connectivity index is 2.42. The molecule has 1 aliphatic carbocycles. The van der Waals surface area contributed by atoms with Crippen LogP contribution in [0.3, 0.4) is 0 Å². The molecule has 1 unspecified atom stereocenters. The van der Waals surface area contributed by atoms with Crippen LogP contribution < -0.4 is 0 Å². The first kappa shape index (κ1) is 16.3. The maximum absolute atomic E-state index is 12.0. The fourth-order valence-electron chi connectivity index (χ4n) is 2.92. The zero-order chi connectivity index (χ0) is 14.4. The number of ketones is 1. The number of hydrogen-bond acceptors (Lipinski definition) is 4. The van der Waals surface area contributed by atoms with E-state index in [0.717, 1.165) is 25.5 Å². The van der Waals surface area contributed by atoms with Crippen LogP contribution in [0.2, 0.25) is 0 Å². The third-order valence-corrected chi connectivity index (χ3v) is 4.34. The highest BCUT2D eigenvalue weighted by atomic mass is 16.3. The molecule has 0 radical (unpaired) electrons. The quantitative estimate of drug-likeness (QED) is 0.659. The van der Waals surface area contributed by atoms with Crippen molar-refractivity contribution in [2.45, 2.75) is 64.6 Å². The second-order valence-electron chi connectivity index (χ2n) is 5.80. The summed E-state index contributed by atoms with van der Waals surface area (Å²) in [6, 6.07) is 0. The van der Waals surface area contributed by atoms with Crippen LogP contribution in [-0.4, -0.2) is 34.5 Å². The minimum atomic E-state index is -0.759. The Bertz CT molecular complexity index is 303. The topological polar surface area (TPSA) is 74.6 Å². The molecular weight excluding hydrogens is 244 g/mol. The largest absolute Gasteiger partial charge is 0.393 e. The van der Waals surface area contributed by atoms with Crippen molar-refractivity contribution in [2.75, 3.05) is 0 Å². The Hall–Kier alpha value is -0.740. The molecule has 1 saturated carbocycles. The van der Waals surface area contributed by atoms with Crippen LogP contribution in [0.4, 0.5) is 0 Å². The van der Waals surface area contributed by atoms with E-state index in [9.17, 15) is 19.8 Å². The van der Waals surface area contributed by atoms with E-state index in [1.165, 1.54) is 0 Å². The number of Topliss-reactive ketones (excluding diaryl/α,β-unsaturated/α-hetero) is 1. The Morgan fingerprint density at radius 2 is 2.05 bits per heavy atom. The third kappa shape index (κ3) is 4.39. The van der Waals surface area contributed by atoms with Gasteiger partial charge in [0.25, 0.3) is 0 Å². The fourth-order valence-corrected chi connectivity index (χ4v) is 2.92. The van der Waals surface area contributed by atoms with Gasteiger partial charge in [-0.15, -0.1) is 0 Å². The first-order valence-electron chi connectivity index (χ1n) is 7.35. The number of hydrogen-bond donors (Lipinski definition) is 2. The van der Waals surface area contributed by atoms with Crippen LogP contribution >= 0.6 is 0 Å². The normalized spacial score (nSPS) is 32.2. The maximum Gasteiger partial charge on any atom is 0.135 e. The maximum atomic E-state index is 12.0. The number of aliphatic hydroxyl groups is 2. The van der Waals surface area contributed by atoms with E-state index in [4.69, 9.17) is 0 Å². The lowest BCUT2D eigenvalue weighted by Gasteiger charge is -2.19. The van der Waals surface area contributed by atoms with E-state index in [0.29, 0.717) is 12.8 Å². The minimum Gasteiger partial charge on any atom is -0.393 e. The highest BCUT2D eigenvalue weighted by Gasteiger charge is 2.41. The number of carbonyl (C=O) groups excluding carboxylic acids is 2. The fraction of sp³-hybridized carbons (Fsp3) is 0.867. The number of carbonyl (C=O) groups is 2. The molecule has 19 heavy (non-hydrogen) atoms. The van der Waals surface area contributed by atoms with Crippen LogP contribution in [-0.2, 0) is 9.59 Å². The average molecular weight is 270 g/mol. The molecule has 1 rings (SSSR count). The summed E-state index contributed by atoms with van der Waals surface area (Å²) >= 11 is 0. The van der Waals surface area contributed by atoms with Crippen LogP contribution in [0.25, 0.3) is 0 Å². The summed E-state index contributed by atoms with van der Waals surface area (Å²) in [5, 5.41) is 19.5. The summed E-state index contributed by atoms with van der Waals surface area (Å²) in [4.78, 5) is 22.9. The van der Waals surface area contributed by atoms with Crippen molar-refractivity contribution in [1.82, 2.24) is 0 Å². The van der Waals surface area contributed by atoms with Gasteiger partial charge in [0.2, 0.25) is 0 Å². The number of aldehydes is 1. The second-order valence-corrected chi connectivity index (χ2v) is 5.80. The molecule has 1 fully saturated rings. The SMILES string of the molecule is CCCCC(C)C(=O)CC[C@@H]1[C@H](C=O)[C@@H](O)C[C@H]1O. The predicted octanol–water partition coefficient (Wildman–Crippen LogP) is 1.72. The van der Waals surface area contributed by atoms with Gasteiger partial charge in [0.1, 0.15) is 12.1 Å². The second kappa shape index (κ2) is 7.75. The van der Waals surface area contributed by atoms with Crippen LogP contribution in [0.1, 0.15) is 52.4 Å². The van der Waals surface area contributed by atoms with Crippen LogP contribution in [0.5, 0.6) is 0 Å². The molecular formula is C15H26O4. The standard InChI is InChI=1S/C15H26O4/c1-3-4-5-10(2)13(17)7-6-11-12(9-16)15(19)8-14(11)18/h9-12,14-15,18-19H,3-8H2,1-2H3/t10?,11-,12+,14-,15+/m1/s1. The van der Waals surface area contributed by atoms with E-state index in [1.54, 1.807) is 0 Å². The van der Waals surface area contributed by atoms with E-state index in [2.05, 4.69) is 6.92 Å². The molecule has 4 nitrogen and oxygen atoms in total. The monoisotopic (exact) mass is 270 g/mol. The van der Waals surface area contributed by atoms with Crippen molar-refractivity contribution < 1.29 is 19.8 Å². The van der Waals surface area contributed by atoms with Crippen molar-refractivity contribution in [3.63, 3.8) is 0 Å². The van der Waals surface area contributed by atoms with Gasteiger partial charge in [-0.05, 0) is 18.8 Å². The lowest BCUT2D eigenvalue weighted by Crippen LogP contribution is -2.25. The summed E-state index contributed by atoms with van der Waals surface area (Å²) in [5.74, 6) is -0.534. The Kier molecular flexibility index (Phi) is 6.66. The Morgan fingerprint density at radius 1 is 1.37 bits per heavy atom. The molecule has 0 aromatic carbocycles. The molecule has 0 aromatic rings. The summed E-state index contributed by atoms with van der Waals surface area (Å²) in [5.41, 5.74) is 0. The number of unbranched alkanes of at least 4 members (excludes halogenated alkanes) is 1. The van der Waals surface area contributed by atoms with Crippen molar-refractivity contribution >= 4 is 12.1 Å². The lowest BCUT2D eigenvalue weighted by molar-refractivity contribution is -0.123. The van der Waals surface area contributed by atoms with Crippen molar-refractivity contribution in [3.05, 3.63) is 0 Å². The van der Waals surface area contributed by atoms with E-state index < -0.39 is 18.1 Å². The molecule has 0 amide bonds. The van der Waals surface area contributed by atoms with E-state index >= 15 is 0 Å². The molecule has 4 heteroatoms. The molecule has 1 aliphatic rings. The molecule has 2 N–H and O–H groups in total. The smallest absolute Gasteiger partial charge is 0.135 e. The Morgan fingerprint density at radius 3 is 2.63 bits per heavy atom. The Labute approximate surface area is 115 Å². The third-order valence-electron chi connectivity index (χ3n) is 4.34. The molecule has 110 valence electrons. The van der Waals surface area contributed by atoms with Gasteiger partial charge in [-0.2, -0.15) is 0 Å². The van der Waals surface area contributed by atoms with Crippen LogP contribution in [0.15, 0.2) is 0 Å². The molecule has 0 heterocycles. The molecule has 0 aromatic heterocycles. The average Bonchev–Trinajstić information content (AvgIpc) is 2.66. The van der Waals surface area contributed by atoms with E-state index in [-0.39, 0.29) is 24.0 Å². The van der Waals surface area contributed by atoms with Gasteiger partial charge in [0.05, 0.1) is 12.2 Å². The minimum absolute atomic E-state index is 0.0538. The summed E-state index contributed by atoms with van der Waals surface area (Å²) in [6.07, 6.45) is 3.47. The first-order chi connectivity index (χ1) is 9.01.